The van der Waals surface area contributed by atoms with Crippen LogP contribution in [0.4, 0.5) is 5.69 Å². The number of carbonyl (C=O) groups excluding carboxylic acids is 1. The van der Waals surface area contributed by atoms with E-state index in [0.29, 0.717) is 29.7 Å². The van der Waals surface area contributed by atoms with Gasteiger partial charge in [-0.15, -0.1) is 0 Å². The van der Waals surface area contributed by atoms with Gasteiger partial charge in [0.15, 0.2) is 0 Å². The van der Waals surface area contributed by atoms with E-state index < -0.39 is 24.2 Å². The Hall–Kier alpha value is -2.49. The van der Waals surface area contributed by atoms with E-state index in [1.165, 1.54) is 12.0 Å². The maximum Gasteiger partial charge on any atom is 0.240 e. The molecule has 0 unspecified atom stereocenters. The fraction of sp³-hybridized carbons (Fsp3) is 0.629. The summed E-state index contributed by atoms with van der Waals surface area (Å²) in [4.78, 5) is 24.8. The van der Waals surface area contributed by atoms with Crippen molar-refractivity contribution < 1.29 is 19.8 Å². The largest absolute Gasteiger partial charge is 0.394 e. The van der Waals surface area contributed by atoms with Crippen LogP contribution in [0.1, 0.15) is 51.7 Å². The van der Waals surface area contributed by atoms with Gasteiger partial charge in [0.2, 0.25) is 5.91 Å². The van der Waals surface area contributed by atoms with Crippen molar-refractivity contribution >= 4 is 11.6 Å². The lowest BCUT2D eigenvalue weighted by atomic mass is 9.45. The topological polar surface area (TPSA) is 88.5 Å². The number of carbonyl (C=O) groups is 1. The second kappa shape index (κ2) is 13.2. The van der Waals surface area contributed by atoms with Gasteiger partial charge in [-0.1, -0.05) is 63.2 Å². The van der Waals surface area contributed by atoms with E-state index in [2.05, 4.69) is 98.5 Å². The van der Waals surface area contributed by atoms with Crippen LogP contribution in [-0.4, -0.2) is 84.2 Å². The summed E-state index contributed by atoms with van der Waals surface area (Å²) in [7, 11) is 4.17. The van der Waals surface area contributed by atoms with Crippen LogP contribution in [0, 0.1) is 29.1 Å². The fourth-order valence-electron chi connectivity index (χ4n) is 7.94. The molecule has 0 spiro atoms. The molecule has 1 saturated heterocycles. The molecule has 4 fully saturated rings. The van der Waals surface area contributed by atoms with Gasteiger partial charge in [0.1, 0.15) is 12.1 Å². The van der Waals surface area contributed by atoms with Crippen LogP contribution in [0.2, 0.25) is 0 Å². The number of anilines is 1. The van der Waals surface area contributed by atoms with E-state index in [0.717, 1.165) is 37.3 Å². The van der Waals surface area contributed by atoms with Gasteiger partial charge in [-0.25, -0.2) is 0 Å². The Morgan fingerprint density at radius 1 is 1.09 bits per heavy atom. The molecule has 3 aliphatic carbocycles. The number of rotatable bonds is 12. The highest BCUT2D eigenvalue weighted by atomic mass is 16.7. The number of aliphatic hydroxyl groups excluding tert-OH is 2. The van der Waals surface area contributed by atoms with Gasteiger partial charge >= 0.3 is 0 Å². The molecular formula is C35H52N4O4. The second-order valence-electron chi connectivity index (χ2n) is 14.1. The van der Waals surface area contributed by atoms with Crippen LogP contribution in [0.3, 0.4) is 0 Å². The number of hydrogen-bond donors (Lipinski definition) is 3. The van der Waals surface area contributed by atoms with Crippen molar-refractivity contribution in [2.24, 2.45) is 29.1 Å². The molecule has 0 aromatic heterocycles. The Morgan fingerprint density at radius 2 is 1.81 bits per heavy atom. The zero-order valence-corrected chi connectivity index (χ0v) is 26.8. The molecule has 6 rings (SSSR count). The minimum atomic E-state index is -0.812. The summed E-state index contributed by atoms with van der Waals surface area (Å²) in [5, 5.41) is 26.0. The number of benzene rings is 2. The molecule has 8 heteroatoms. The highest BCUT2D eigenvalue weighted by molar-refractivity contribution is 5.82. The van der Waals surface area contributed by atoms with Gasteiger partial charge in [0.25, 0.3) is 0 Å². The quantitative estimate of drug-likeness (QED) is 0.345. The average Bonchev–Trinajstić information content (AvgIpc) is 3.35. The van der Waals surface area contributed by atoms with Gasteiger partial charge in [-0.2, -0.15) is 5.06 Å². The molecule has 2 bridgehead atoms. The highest BCUT2D eigenvalue weighted by Crippen LogP contribution is 2.61. The smallest absolute Gasteiger partial charge is 0.240 e. The molecule has 3 saturated carbocycles. The minimum absolute atomic E-state index is 0.112. The molecule has 43 heavy (non-hydrogen) atoms. The second-order valence-corrected chi connectivity index (χ2v) is 14.1. The summed E-state index contributed by atoms with van der Waals surface area (Å²) < 4.78 is 0. The third-order valence-electron chi connectivity index (χ3n) is 10.7. The van der Waals surface area contributed by atoms with Crippen LogP contribution < -0.4 is 10.2 Å². The van der Waals surface area contributed by atoms with Crippen molar-refractivity contribution in [3.05, 3.63) is 65.7 Å². The molecule has 2 aromatic carbocycles. The molecule has 4 aliphatic rings. The highest BCUT2D eigenvalue weighted by Gasteiger charge is 2.57. The first-order valence-corrected chi connectivity index (χ1v) is 16.0. The summed E-state index contributed by atoms with van der Waals surface area (Å²) in [6.45, 7) is 11.4. The van der Waals surface area contributed by atoms with Crippen molar-refractivity contribution in [2.75, 3.05) is 38.7 Å². The summed E-state index contributed by atoms with van der Waals surface area (Å²) in [6.07, 6.45) is 0.769. The molecule has 3 N–H and O–H groups in total. The number of likely N-dealkylation sites (N-methyl/N-ethyl adjacent to an activating group) is 1. The molecule has 8 atom stereocenters. The maximum absolute atomic E-state index is 14.0. The fourth-order valence-corrected chi connectivity index (χ4v) is 7.94. The van der Waals surface area contributed by atoms with Gasteiger partial charge in [0.05, 0.1) is 19.3 Å². The van der Waals surface area contributed by atoms with Gasteiger partial charge in [-0.05, 0) is 80.3 Å². The zero-order chi connectivity index (χ0) is 30.9. The number of hydroxylamine groups is 2. The summed E-state index contributed by atoms with van der Waals surface area (Å²) >= 11 is 0. The minimum Gasteiger partial charge on any atom is -0.394 e. The van der Waals surface area contributed by atoms with Gasteiger partial charge < -0.3 is 25.3 Å². The molecule has 236 valence electrons. The van der Waals surface area contributed by atoms with E-state index in [-0.39, 0.29) is 18.6 Å². The normalized spacial score (nSPS) is 30.6. The lowest BCUT2D eigenvalue weighted by Crippen LogP contribution is -2.62. The van der Waals surface area contributed by atoms with Gasteiger partial charge in [0, 0.05) is 37.3 Å². The maximum atomic E-state index is 14.0. The van der Waals surface area contributed by atoms with Crippen LogP contribution >= 0.6 is 0 Å². The van der Waals surface area contributed by atoms with E-state index in [1.807, 2.05) is 6.07 Å². The first-order valence-electron chi connectivity index (χ1n) is 16.0. The molecule has 0 radical (unpaired) electrons. The molecule has 8 nitrogen and oxygen atoms in total. The number of nitrogens with zero attached hydrogens (tertiary/aromatic N) is 3. The van der Waals surface area contributed by atoms with Crippen molar-refractivity contribution in [3.8, 4) is 0 Å². The molecule has 1 heterocycles. The average molecular weight is 593 g/mol. The SMILES string of the molecule is C[C@@H]1[C@@H](NC(=O)[C@@H]2[C@H]([C@H](C)O)[C@H](CO)ON2Cc2cccc(N(CCN(C)C)Cc3ccccc3)c2)C[C@@H]2C[C@H]1C2(C)C. The Morgan fingerprint density at radius 3 is 2.44 bits per heavy atom. The molecule has 1 amide bonds. The van der Waals surface area contributed by atoms with Crippen molar-refractivity contribution in [2.45, 2.75) is 77.9 Å². The van der Waals surface area contributed by atoms with E-state index in [1.54, 1.807) is 12.0 Å². The lowest BCUT2D eigenvalue weighted by Gasteiger charge is -2.62. The molecule has 2 aromatic rings. The van der Waals surface area contributed by atoms with Crippen molar-refractivity contribution in [1.29, 1.82) is 0 Å². The van der Waals surface area contributed by atoms with Crippen molar-refractivity contribution in [3.63, 3.8) is 0 Å². The summed E-state index contributed by atoms with van der Waals surface area (Å²) in [6, 6.07) is 18.3. The Bertz CT molecular complexity index is 1220. The summed E-state index contributed by atoms with van der Waals surface area (Å²) in [5.41, 5.74) is 3.69. The molecular weight excluding hydrogens is 540 g/mol. The third-order valence-corrected chi connectivity index (χ3v) is 10.7. The van der Waals surface area contributed by atoms with Crippen LogP contribution in [-0.2, 0) is 22.7 Å². The van der Waals surface area contributed by atoms with E-state index in [9.17, 15) is 15.0 Å². The number of nitrogens with one attached hydrogen (secondary N) is 1. The Kier molecular flexibility index (Phi) is 9.83. The number of amides is 1. The standard InChI is InChI=1S/C35H52N4O4/c1-23-29-18-27(35(29,3)4)19-30(23)36-34(42)33-32(24(2)41)31(22-40)43-39(33)21-26-13-10-14-28(17-26)38(16-15-37(5)6)20-25-11-8-7-9-12-25/h7-14,17,23-24,27,29-33,40-41H,15-16,18-22H2,1-6H3,(H,36,42)/t23-,24-,27-,29+,30-,31-,32+,33-/m0/s1. The van der Waals surface area contributed by atoms with E-state index >= 15 is 0 Å². The Balaban J connectivity index is 1.35. The first-order chi connectivity index (χ1) is 20.5. The van der Waals surface area contributed by atoms with Crippen LogP contribution in [0.15, 0.2) is 54.6 Å². The third kappa shape index (κ3) is 6.79. The first kappa shape index (κ1) is 31.9. The number of aliphatic hydroxyl groups is 2. The van der Waals surface area contributed by atoms with Gasteiger partial charge in [-0.3, -0.25) is 9.63 Å². The predicted molar refractivity (Wildman–Crippen MR) is 170 cm³/mol. The van der Waals surface area contributed by atoms with Crippen LogP contribution in [0.25, 0.3) is 0 Å². The Labute approximate surface area is 258 Å². The van der Waals surface area contributed by atoms with Crippen LogP contribution in [0.5, 0.6) is 0 Å². The zero-order valence-electron chi connectivity index (χ0n) is 26.8. The lowest BCUT2D eigenvalue weighted by molar-refractivity contribution is -0.183. The van der Waals surface area contributed by atoms with E-state index in [4.69, 9.17) is 4.84 Å². The predicted octanol–water partition coefficient (Wildman–Crippen LogP) is 3.92. The number of hydrogen-bond acceptors (Lipinski definition) is 7. The number of fused-ring (bicyclic) bond motifs is 2. The monoisotopic (exact) mass is 592 g/mol. The molecule has 1 aliphatic heterocycles. The summed E-state index contributed by atoms with van der Waals surface area (Å²) in [5.74, 6) is 0.979. The van der Waals surface area contributed by atoms with Crippen molar-refractivity contribution in [1.82, 2.24) is 15.3 Å².